The van der Waals surface area contributed by atoms with Crippen molar-refractivity contribution in [3.8, 4) is 22.8 Å². The Labute approximate surface area is 372 Å². The van der Waals surface area contributed by atoms with Crippen LogP contribution in [0.4, 0.5) is 60.7 Å². The van der Waals surface area contributed by atoms with Crippen LogP contribution in [-0.2, 0) is 0 Å². The van der Waals surface area contributed by atoms with Crippen LogP contribution in [0.15, 0.2) is 133 Å². The third kappa shape index (κ3) is 15.6. The van der Waals surface area contributed by atoms with Gasteiger partial charge in [-0.1, -0.05) is 72.3 Å². The Morgan fingerprint density at radius 3 is 1.38 bits per heavy atom. The lowest BCUT2D eigenvalue weighted by molar-refractivity contribution is -0.275. The number of rotatable bonds is 10. The summed E-state index contributed by atoms with van der Waals surface area (Å²) in [6.07, 6.45) is -2.33. The number of aromatic nitrogens is 2. The Balaban J connectivity index is 0.000000180. The Morgan fingerprint density at radius 2 is 0.953 bits per heavy atom. The average Bonchev–Trinajstić information content (AvgIpc) is 3.28. The van der Waals surface area contributed by atoms with Gasteiger partial charge < -0.3 is 40.0 Å². The topological polar surface area (TPSA) is 115 Å². The third-order valence-corrected chi connectivity index (χ3v) is 10.1. The lowest BCUT2D eigenvalue weighted by Gasteiger charge is -2.29. The highest BCUT2D eigenvalue weighted by molar-refractivity contribution is 6.58. The Hall–Kier alpha value is -6.17. The van der Waals surface area contributed by atoms with Crippen molar-refractivity contribution in [2.24, 2.45) is 0 Å². The Morgan fingerprint density at radius 1 is 0.531 bits per heavy atom. The fourth-order valence-electron chi connectivity index (χ4n) is 6.95. The molecule has 0 unspecified atom stereocenters. The van der Waals surface area contributed by atoms with E-state index in [-0.39, 0.29) is 11.5 Å². The van der Waals surface area contributed by atoms with Gasteiger partial charge in [0, 0.05) is 66.6 Å². The van der Waals surface area contributed by atoms with Gasteiger partial charge in [0.15, 0.2) is 0 Å². The molecule has 64 heavy (non-hydrogen) atoms. The summed E-state index contributed by atoms with van der Waals surface area (Å²) in [5, 5.41) is 23.8. The van der Waals surface area contributed by atoms with Crippen LogP contribution in [0.3, 0.4) is 0 Å². The van der Waals surface area contributed by atoms with Gasteiger partial charge in [-0.05, 0) is 105 Å². The van der Waals surface area contributed by atoms with E-state index in [9.17, 15) is 26.3 Å². The van der Waals surface area contributed by atoms with Crippen molar-refractivity contribution in [3.63, 3.8) is 0 Å². The maximum Gasteiger partial charge on any atom is 0.573 e. The molecule has 2 aliphatic heterocycles. The van der Waals surface area contributed by atoms with Crippen molar-refractivity contribution in [1.82, 2.24) is 9.97 Å². The van der Waals surface area contributed by atoms with Crippen molar-refractivity contribution in [2.75, 3.05) is 46.6 Å². The second kappa shape index (κ2) is 22.5. The Kier molecular flexibility index (Phi) is 16.6. The summed E-state index contributed by atoms with van der Waals surface area (Å²) >= 11 is 6.11. The van der Waals surface area contributed by atoms with Gasteiger partial charge in [-0.2, -0.15) is 0 Å². The molecule has 0 bridgehead atoms. The molecule has 2 saturated heterocycles. The lowest BCUT2D eigenvalue weighted by atomic mass is 9.81. The van der Waals surface area contributed by atoms with Crippen molar-refractivity contribution in [1.29, 1.82) is 0 Å². The number of nitrogens with zero attached hydrogens (tertiary/aromatic N) is 4. The van der Waals surface area contributed by atoms with Crippen molar-refractivity contribution < 1.29 is 45.9 Å². The molecule has 0 spiro atoms. The second-order valence-electron chi connectivity index (χ2n) is 14.8. The normalized spacial score (nSPS) is 14.0. The number of pyridine rings is 2. The minimum Gasteiger partial charge on any atom is -0.423 e. The van der Waals surface area contributed by atoms with E-state index in [2.05, 4.69) is 41.0 Å². The first kappa shape index (κ1) is 47.3. The molecule has 4 aromatic carbocycles. The van der Waals surface area contributed by atoms with Gasteiger partial charge in [-0.25, -0.2) is 9.97 Å². The van der Waals surface area contributed by atoms with Gasteiger partial charge in [0.2, 0.25) is 0 Å². The SMILES string of the molecule is FC(F)(F)Oc1ccc(Nc2cc(N3CCCCC3)cc(-c3ccccc3)n2)cc1.FC(F)(F)Oc1ccc(Nc2cc(N3CCCCC3)cc(Cl)n2)cc1.OB(O)c1ccccc1. The number of hydrogen-bond donors (Lipinski definition) is 4. The van der Waals surface area contributed by atoms with Gasteiger partial charge in [-0.3, -0.25) is 0 Å². The molecular formula is C46H46BClF6N6O4. The predicted octanol–water partition coefficient (Wildman–Crippen LogP) is 11.1. The van der Waals surface area contributed by atoms with Gasteiger partial charge in [0.1, 0.15) is 28.3 Å². The molecule has 4 heterocycles. The highest BCUT2D eigenvalue weighted by Crippen LogP contribution is 2.32. The zero-order valence-corrected chi connectivity index (χ0v) is 35.3. The van der Waals surface area contributed by atoms with Crippen LogP contribution >= 0.6 is 11.6 Å². The van der Waals surface area contributed by atoms with Crippen LogP contribution in [0.1, 0.15) is 38.5 Å². The summed E-state index contributed by atoms with van der Waals surface area (Å²) < 4.78 is 81.4. The van der Waals surface area contributed by atoms with E-state index in [4.69, 9.17) is 26.6 Å². The largest absolute Gasteiger partial charge is 0.573 e. The number of alkyl halides is 6. The number of nitrogens with one attached hydrogen (secondary N) is 2. The van der Waals surface area contributed by atoms with Crippen molar-refractivity contribution >= 4 is 58.6 Å². The molecular weight excluding hydrogens is 861 g/mol. The zero-order chi connectivity index (χ0) is 45.5. The van der Waals surface area contributed by atoms with Crippen LogP contribution < -0.4 is 35.4 Å². The highest BCUT2D eigenvalue weighted by Gasteiger charge is 2.31. The molecule has 18 heteroatoms. The summed E-state index contributed by atoms with van der Waals surface area (Å²) in [6.45, 7) is 3.95. The van der Waals surface area contributed by atoms with E-state index in [0.717, 1.165) is 74.5 Å². The van der Waals surface area contributed by atoms with Gasteiger partial charge >= 0.3 is 19.8 Å². The predicted molar refractivity (Wildman–Crippen MR) is 240 cm³/mol. The number of piperidine rings is 2. The molecule has 0 saturated carbocycles. The fourth-order valence-corrected chi connectivity index (χ4v) is 7.16. The maximum absolute atomic E-state index is 12.4. The standard InChI is InChI=1S/C23H22F3N3O.C17H17ClF3N3O.C6H7BO2/c24-23(25,26)30-20-11-9-18(10-12-20)27-22-16-19(29-13-5-2-6-14-29)15-21(28-22)17-7-3-1-4-8-17;18-15-10-13(24-8-2-1-3-9-24)11-16(23-15)22-12-4-6-14(7-5-12)25-17(19,20)21;8-7(9)6-4-2-1-3-5-6/h1,3-4,7-12,15-16H,2,5-6,13-14H2,(H,27,28);4-7,10-11H,1-3,8-9H2,(H,22,23);1-5,8-9H. The molecule has 8 rings (SSSR count). The average molecular weight is 907 g/mol. The first-order chi connectivity index (χ1) is 30.7. The van der Waals surface area contributed by atoms with E-state index in [0.29, 0.717) is 33.6 Å². The lowest BCUT2D eigenvalue weighted by Crippen LogP contribution is -2.29. The summed E-state index contributed by atoms with van der Waals surface area (Å²) in [6, 6.07) is 37.5. The molecule has 2 aromatic heterocycles. The summed E-state index contributed by atoms with van der Waals surface area (Å²) in [5.41, 5.74) is 5.67. The van der Waals surface area contributed by atoms with Crippen LogP contribution in [0.25, 0.3) is 11.3 Å². The first-order valence-corrected chi connectivity index (χ1v) is 21.0. The van der Waals surface area contributed by atoms with E-state index in [1.807, 2.05) is 54.6 Å². The molecule has 0 radical (unpaired) electrons. The molecule has 2 aliphatic rings. The van der Waals surface area contributed by atoms with Crippen molar-refractivity contribution in [3.05, 3.63) is 139 Å². The fraction of sp³-hybridized carbons (Fsp3) is 0.261. The van der Waals surface area contributed by atoms with Gasteiger partial charge in [0.05, 0.1) is 5.69 Å². The minimum absolute atomic E-state index is 0.256. The van der Waals surface area contributed by atoms with Gasteiger partial charge in [0.25, 0.3) is 0 Å². The third-order valence-electron chi connectivity index (χ3n) is 9.92. The molecule has 6 aromatic rings. The summed E-state index contributed by atoms with van der Waals surface area (Å²) in [7, 11) is -1.34. The number of halogens is 7. The summed E-state index contributed by atoms with van der Waals surface area (Å²) in [4.78, 5) is 13.6. The second-order valence-corrected chi connectivity index (χ2v) is 15.2. The smallest absolute Gasteiger partial charge is 0.423 e. The number of ether oxygens (including phenoxy) is 2. The van der Waals surface area contributed by atoms with Crippen molar-refractivity contribution in [2.45, 2.75) is 51.2 Å². The Bertz CT molecular complexity index is 2340. The maximum atomic E-state index is 12.4. The van der Waals surface area contributed by atoms with Crippen LogP contribution in [0.5, 0.6) is 11.5 Å². The highest BCUT2D eigenvalue weighted by atomic mass is 35.5. The molecule has 2 fully saturated rings. The van der Waals surface area contributed by atoms with E-state index >= 15 is 0 Å². The summed E-state index contributed by atoms with van der Waals surface area (Å²) in [5.74, 6) is 0.651. The molecule has 10 nitrogen and oxygen atoms in total. The zero-order valence-electron chi connectivity index (χ0n) is 34.5. The van der Waals surface area contributed by atoms with Gasteiger partial charge in [-0.15, -0.1) is 26.3 Å². The quantitative estimate of drug-likeness (QED) is 0.0602. The number of anilines is 6. The van der Waals surface area contributed by atoms with E-state index in [1.165, 1.54) is 49.2 Å². The van der Waals surface area contributed by atoms with E-state index in [1.54, 1.807) is 36.4 Å². The number of hydrogen-bond acceptors (Lipinski definition) is 10. The number of benzene rings is 4. The van der Waals surface area contributed by atoms with Crippen LogP contribution in [0, 0.1) is 0 Å². The molecule has 4 N–H and O–H groups in total. The molecule has 0 atom stereocenters. The van der Waals surface area contributed by atoms with E-state index < -0.39 is 19.8 Å². The molecule has 0 amide bonds. The monoisotopic (exact) mass is 906 g/mol. The first-order valence-electron chi connectivity index (χ1n) is 20.6. The molecule has 0 aliphatic carbocycles. The van der Waals surface area contributed by atoms with Crippen LogP contribution in [-0.4, -0.2) is 66.0 Å². The van der Waals surface area contributed by atoms with Crippen LogP contribution in [0.2, 0.25) is 5.15 Å². The molecule has 336 valence electrons. The minimum atomic E-state index is -4.70.